The zero-order valence-corrected chi connectivity index (χ0v) is 20.1. The number of amides is 1. The third kappa shape index (κ3) is 4.02. The van der Waals surface area contributed by atoms with E-state index in [1.807, 2.05) is 54.6 Å². The van der Waals surface area contributed by atoms with Crippen molar-refractivity contribution >= 4 is 22.6 Å². The van der Waals surface area contributed by atoms with Crippen molar-refractivity contribution in [1.29, 1.82) is 0 Å². The van der Waals surface area contributed by atoms with Crippen molar-refractivity contribution in [3.05, 3.63) is 136 Å². The van der Waals surface area contributed by atoms with Crippen molar-refractivity contribution in [2.75, 3.05) is 12.0 Å². The smallest absolute Gasteiger partial charge is 0.295 e. The Labute approximate surface area is 213 Å². The predicted octanol–water partition coefficient (Wildman–Crippen LogP) is 6.13. The molecule has 1 aliphatic heterocycles. The second kappa shape index (κ2) is 9.32. The molecule has 0 N–H and O–H groups in total. The normalized spacial score (nSPS) is 14.6. The average molecular weight is 490 g/mol. The number of methoxy groups -OCH3 is 1. The highest BCUT2D eigenvalue weighted by molar-refractivity contribution is 6.10. The Morgan fingerprint density at radius 3 is 2.19 bits per heavy atom. The molecule has 0 spiro atoms. The van der Waals surface area contributed by atoms with Gasteiger partial charge in [0.15, 0.2) is 5.43 Å². The van der Waals surface area contributed by atoms with E-state index in [1.54, 1.807) is 60.5 Å². The summed E-state index contributed by atoms with van der Waals surface area (Å²) in [6, 6.07) is 30.9. The fourth-order valence-corrected chi connectivity index (χ4v) is 4.73. The number of anilines is 1. The molecule has 1 aromatic heterocycles. The van der Waals surface area contributed by atoms with Crippen LogP contribution in [0.1, 0.15) is 33.3 Å². The second-order valence-electron chi connectivity index (χ2n) is 8.79. The first-order valence-corrected chi connectivity index (χ1v) is 11.9. The molecule has 5 aromatic rings. The van der Waals surface area contributed by atoms with Crippen LogP contribution in [0.15, 0.2) is 112 Å². The lowest BCUT2D eigenvalue weighted by atomic mass is 9.98. The summed E-state index contributed by atoms with van der Waals surface area (Å²) >= 11 is 0. The van der Waals surface area contributed by atoms with E-state index in [0.717, 1.165) is 11.1 Å². The van der Waals surface area contributed by atoms with Crippen LogP contribution < -0.4 is 19.8 Å². The second-order valence-corrected chi connectivity index (χ2v) is 8.79. The van der Waals surface area contributed by atoms with E-state index in [9.17, 15) is 9.59 Å². The summed E-state index contributed by atoms with van der Waals surface area (Å²) < 4.78 is 17.2. The van der Waals surface area contributed by atoms with E-state index in [4.69, 9.17) is 13.9 Å². The van der Waals surface area contributed by atoms with E-state index in [-0.39, 0.29) is 17.1 Å². The van der Waals surface area contributed by atoms with Crippen molar-refractivity contribution in [1.82, 2.24) is 0 Å². The summed E-state index contributed by atoms with van der Waals surface area (Å²) in [7, 11) is 1.59. The van der Waals surface area contributed by atoms with Gasteiger partial charge in [-0.1, -0.05) is 54.6 Å². The number of benzene rings is 4. The van der Waals surface area contributed by atoms with Gasteiger partial charge in [0, 0.05) is 5.69 Å². The number of nitrogens with zero attached hydrogens (tertiary/aromatic N) is 1. The first-order valence-electron chi connectivity index (χ1n) is 11.9. The number of hydrogen-bond donors (Lipinski definition) is 0. The number of para-hydroxylation sites is 1. The monoisotopic (exact) mass is 489 g/mol. The Morgan fingerprint density at radius 1 is 0.784 bits per heavy atom. The van der Waals surface area contributed by atoms with Crippen molar-refractivity contribution in [3.63, 3.8) is 0 Å². The number of carbonyl (C=O) groups is 1. The minimum atomic E-state index is -0.653. The van der Waals surface area contributed by atoms with Gasteiger partial charge in [0.1, 0.15) is 23.7 Å². The topological polar surface area (TPSA) is 69.0 Å². The molecule has 1 unspecified atom stereocenters. The molecule has 0 saturated carbocycles. The number of ether oxygens (including phenoxy) is 2. The summed E-state index contributed by atoms with van der Waals surface area (Å²) in [6.07, 6.45) is 0. The highest BCUT2D eigenvalue weighted by Crippen LogP contribution is 2.41. The number of rotatable bonds is 6. The van der Waals surface area contributed by atoms with Gasteiger partial charge >= 0.3 is 0 Å². The molecule has 182 valence electrons. The summed E-state index contributed by atoms with van der Waals surface area (Å²) in [5.74, 6) is 1.06. The van der Waals surface area contributed by atoms with Gasteiger partial charge in [0.05, 0.1) is 24.1 Å². The van der Waals surface area contributed by atoms with Gasteiger partial charge in [-0.25, -0.2) is 0 Å². The molecule has 0 aliphatic carbocycles. The quantitative estimate of drug-likeness (QED) is 0.287. The van der Waals surface area contributed by atoms with Crippen LogP contribution in [0.5, 0.6) is 11.5 Å². The Bertz CT molecular complexity index is 1640. The molecule has 0 radical (unpaired) electrons. The molecule has 37 heavy (non-hydrogen) atoms. The zero-order chi connectivity index (χ0) is 25.4. The highest BCUT2D eigenvalue weighted by Gasteiger charge is 2.43. The highest BCUT2D eigenvalue weighted by atomic mass is 16.5. The van der Waals surface area contributed by atoms with Gasteiger partial charge in [-0.15, -0.1) is 0 Å². The molecule has 0 fully saturated rings. The molecule has 1 atom stereocenters. The molecule has 1 aliphatic rings. The molecule has 6 rings (SSSR count). The number of fused-ring (bicyclic) bond motifs is 2. The van der Waals surface area contributed by atoms with Crippen molar-refractivity contribution in [2.45, 2.75) is 12.6 Å². The van der Waals surface area contributed by atoms with E-state index >= 15 is 0 Å². The molecule has 0 saturated heterocycles. The van der Waals surface area contributed by atoms with Crippen molar-refractivity contribution in [2.24, 2.45) is 0 Å². The van der Waals surface area contributed by atoms with Gasteiger partial charge in [-0.3, -0.25) is 14.5 Å². The lowest BCUT2D eigenvalue weighted by Gasteiger charge is -2.25. The van der Waals surface area contributed by atoms with Crippen LogP contribution in [0.2, 0.25) is 0 Å². The van der Waals surface area contributed by atoms with Crippen LogP contribution in [-0.2, 0) is 6.61 Å². The van der Waals surface area contributed by atoms with Gasteiger partial charge in [-0.2, -0.15) is 0 Å². The molecule has 1 amide bonds. The van der Waals surface area contributed by atoms with Crippen LogP contribution in [0, 0.1) is 0 Å². The van der Waals surface area contributed by atoms with Crippen molar-refractivity contribution in [3.8, 4) is 11.5 Å². The molecular formula is C31H23NO5. The Hall–Kier alpha value is -4.84. The van der Waals surface area contributed by atoms with Gasteiger partial charge < -0.3 is 13.9 Å². The molecule has 0 bridgehead atoms. The van der Waals surface area contributed by atoms with Crippen LogP contribution in [-0.4, -0.2) is 13.0 Å². The fourth-order valence-electron chi connectivity index (χ4n) is 4.73. The maximum atomic E-state index is 13.7. The van der Waals surface area contributed by atoms with Gasteiger partial charge in [0.2, 0.25) is 5.76 Å². The first-order chi connectivity index (χ1) is 18.1. The van der Waals surface area contributed by atoms with E-state index in [2.05, 4.69) is 0 Å². The maximum absolute atomic E-state index is 13.7. The summed E-state index contributed by atoms with van der Waals surface area (Å²) in [5.41, 5.74) is 2.98. The SMILES string of the molecule is COc1ccc(N2C(=O)c3oc4ccccc4c(=O)c3C2c2ccc(OCc3ccccc3)cc2)cc1. The van der Waals surface area contributed by atoms with E-state index in [1.165, 1.54) is 0 Å². The van der Waals surface area contributed by atoms with Gasteiger partial charge in [-0.05, 0) is 59.7 Å². The van der Waals surface area contributed by atoms with Crippen LogP contribution in [0.25, 0.3) is 11.0 Å². The van der Waals surface area contributed by atoms with Crippen LogP contribution >= 0.6 is 0 Å². The minimum absolute atomic E-state index is 0.0638. The number of carbonyl (C=O) groups excluding carboxylic acids is 1. The third-order valence-corrected chi connectivity index (χ3v) is 6.57. The minimum Gasteiger partial charge on any atom is -0.497 e. The molecule has 6 nitrogen and oxygen atoms in total. The van der Waals surface area contributed by atoms with Gasteiger partial charge in [0.25, 0.3) is 5.91 Å². The number of hydrogen-bond acceptors (Lipinski definition) is 5. The molecular weight excluding hydrogens is 466 g/mol. The Balaban J connectivity index is 1.43. The Kier molecular flexibility index (Phi) is 5.69. The van der Waals surface area contributed by atoms with E-state index < -0.39 is 6.04 Å². The van der Waals surface area contributed by atoms with Crippen LogP contribution in [0.4, 0.5) is 5.69 Å². The first kappa shape index (κ1) is 22.6. The lowest BCUT2D eigenvalue weighted by Crippen LogP contribution is -2.29. The lowest BCUT2D eigenvalue weighted by molar-refractivity contribution is 0.0971. The molecule has 2 heterocycles. The predicted molar refractivity (Wildman–Crippen MR) is 141 cm³/mol. The van der Waals surface area contributed by atoms with Crippen molar-refractivity contribution < 1.29 is 18.7 Å². The standard InChI is InChI=1S/C31H23NO5/c1-35-23-17-13-22(14-18-23)32-28(21-11-15-24(16-12-21)36-19-20-7-3-2-4-8-20)27-29(33)25-9-5-6-10-26(25)37-30(27)31(32)34/h2-18,28H,19H2,1H3. The molecule has 4 aromatic carbocycles. The average Bonchev–Trinajstić information content (AvgIpc) is 3.25. The third-order valence-electron chi connectivity index (χ3n) is 6.57. The zero-order valence-electron chi connectivity index (χ0n) is 20.1. The van der Waals surface area contributed by atoms with E-state index in [0.29, 0.717) is 40.3 Å². The summed E-state index contributed by atoms with van der Waals surface area (Å²) in [6.45, 7) is 0.443. The summed E-state index contributed by atoms with van der Waals surface area (Å²) in [5, 5.41) is 0.443. The fraction of sp³-hybridized carbons (Fsp3) is 0.0968. The largest absolute Gasteiger partial charge is 0.497 e. The van der Waals surface area contributed by atoms with Crippen LogP contribution in [0.3, 0.4) is 0 Å². The molecule has 6 heteroatoms. The maximum Gasteiger partial charge on any atom is 0.295 e. The summed E-state index contributed by atoms with van der Waals surface area (Å²) in [4.78, 5) is 29.0. The Morgan fingerprint density at radius 2 is 1.46 bits per heavy atom.